The normalized spacial score (nSPS) is 51.7. The first kappa shape index (κ1) is 9.40. The summed E-state index contributed by atoms with van der Waals surface area (Å²) in [6.45, 7) is 6.90. The van der Waals surface area contributed by atoms with E-state index in [1.165, 1.54) is 18.0 Å². The summed E-state index contributed by atoms with van der Waals surface area (Å²) < 4.78 is 0. The lowest BCUT2D eigenvalue weighted by atomic mass is 9.64. The predicted octanol–water partition coefficient (Wildman–Crippen LogP) is 2.96. The lowest BCUT2D eigenvalue weighted by molar-refractivity contribution is -0.120. The van der Waals surface area contributed by atoms with Crippen LogP contribution in [0.15, 0.2) is 23.4 Å². The molecule has 0 heterocycles. The molecule has 0 aromatic rings. The summed E-state index contributed by atoms with van der Waals surface area (Å²) >= 11 is 0. The molecule has 0 spiro atoms. The zero-order valence-corrected chi connectivity index (χ0v) is 11.2. The molecule has 0 unspecified atom stereocenters. The maximum absolute atomic E-state index is 12.6. The molecule has 2 heteroatoms. The minimum Gasteiger partial charge on any atom is -0.295 e. The Hall–Kier alpha value is -0.633. The van der Waals surface area contributed by atoms with Gasteiger partial charge in [0, 0.05) is 11.3 Å². The van der Waals surface area contributed by atoms with Crippen LogP contribution >= 0.6 is 0 Å². The molecule has 84 valence electrons. The van der Waals surface area contributed by atoms with Gasteiger partial charge in [0.2, 0.25) is 0 Å². The van der Waals surface area contributed by atoms with Crippen LogP contribution in [0.2, 0.25) is 19.6 Å². The monoisotopic (exact) mass is 230 g/mol. The third kappa shape index (κ3) is 0.745. The molecule has 0 N–H and O–H groups in total. The van der Waals surface area contributed by atoms with Gasteiger partial charge in [-0.1, -0.05) is 37.9 Å². The standard InChI is InChI=1S/C14H18OSi/c1-16(2,3)10-6-9-11(12(10)15)14-5-4-13(9,7-14)8-14/h4-6,9,11H,7-8H2,1-3H3/t9-,11-,13?,14?/m0/s1. The molecule has 2 bridgehead atoms. The average Bonchev–Trinajstić information content (AvgIpc) is 2.76. The first-order valence-corrected chi connectivity index (χ1v) is 9.85. The number of carbonyl (C=O) groups is 1. The zero-order chi connectivity index (χ0) is 11.3. The predicted molar refractivity (Wildman–Crippen MR) is 66.7 cm³/mol. The number of ketones is 1. The second-order valence-electron chi connectivity index (χ2n) is 7.35. The highest BCUT2D eigenvalue weighted by molar-refractivity contribution is 6.87. The summed E-state index contributed by atoms with van der Waals surface area (Å²) in [5.74, 6) is 1.44. The van der Waals surface area contributed by atoms with E-state index in [0.29, 0.717) is 28.4 Å². The van der Waals surface area contributed by atoms with Gasteiger partial charge in [0.1, 0.15) is 0 Å². The quantitative estimate of drug-likeness (QED) is 0.500. The summed E-state index contributed by atoms with van der Waals surface area (Å²) in [5, 5.41) is 1.24. The van der Waals surface area contributed by atoms with Crippen LogP contribution in [0.25, 0.3) is 0 Å². The van der Waals surface area contributed by atoms with Crippen molar-refractivity contribution in [3.05, 3.63) is 23.4 Å². The van der Waals surface area contributed by atoms with Gasteiger partial charge in [-0.15, -0.1) is 0 Å². The number of rotatable bonds is 1. The summed E-state index contributed by atoms with van der Waals surface area (Å²) in [7, 11) is -1.42. The molecule has 6 aliphatic carbocycles. The molecule has 3 fully saturated rings. The van der Waals surface area contributed by atoms with Crippen molar-refractivity contribution in [3.8, 4) is 0 Å². The van der Waals surface area contributed by atoms with Crippen LogP contribution in [-0.2, 0) is 4.79 Å². The van der Waals surface area contributed by atoms with E-state index in [0.717, 1.165) is 0 Å². The van der Waals surface area contributed by atoms with Gasteiger partial charge >= 0.3 is 0 Å². The van der Waals surface area contributed by atoms with Crippen LogP contribution in [0.5, 0.6) is 0 Å². The fourth-order valence-corrected chi connectivity index (χ4v) is 6.41. The van der Waals surface area contributed by atoms with Gasteiger partial charge in [-0.3, -0.25) is 4.79 Å². The van der Waals surface area contributed by atoms with Crippen molar-refractivity contribution >= 4 is 13.9 Å². The van der Waals surface area contributed by atoms with Crippen molar-refractivity contribution in [2.45, 2.75) is 32.5 Å². The van der Waals surface area contributed by atoms with Gasteiger partial charge in [0.05, 0.1) is 8.07 Å². The Kier molecular flexibility index (Phi) is 1.28. The lowest BCUT2D eigenvalue weighted by Crippen LogP contribution is -2.37. The van der Waals surface area contributed by atoms with Crippen molar-refractivity contribution in [1.29, 1.82) is 0 Å². The van der Waals surface area contributed by atoms with E-state index in [-0.39, 0.29) is 0 Å². The molecule has 0 saturated heterocycles. The molecular formula is C14H18OSi. The van der Waals surface area contributed by atoms with E-state index in [1.54, 1.807) is 0 Å². The molecule has 0 aromatic carbocycles. The second kappa shape index (κ2) is 2.17. The van der Waals surface area contributed by atoms with Crippen LogP contribution in [-0.4, -0.2) is 13.9 Å². The van der Waals surface area contributed by atoms with Crippen LogP contribution < -0.4 is 0 Å². The Balaban J connectivity index is 1.84. The number of Topliss-reactive ketones (excluding diaryl/α,β-unsaturated/α-hetero) is 1. The Morgan fingerprint density at radius 1 is 1.19 bits per heavy atom. The molecule has 6 aliphatic rings. The van der Waals surface area contributed by atoms with E-state index in [4.69, 9.17) is 0 Å². The maximum atomic E-state index is 12.6. The fraction of sp³-hybridized carbons (Fsp3) is 0.643. The van der Waals surface area contributed by atoms with E-state index >= 15 is 0 Å². The Bertz CT molecular complexity index is 471. The summed E-state index contributed by atoms with van der Waals surface area (Å²) in [6, 6.07) is 0. The van der Waals surface area contributed by atoms with Gasteiger partial charge in [-0.2, -0.15) is 0 Å². The Morgan fingerprint density at radius 2 is 1.81 bits per heavy atom. The SMILES string of the molecule is C[Si](C)(C)C1=C[C@H]2[C@@H](C1=O)C13C=CC2(C1)C3. The van der Waals surface area contributed by atoms with Gasteiger partial charge in [-0.05, 0) is 29.4 Å². The third-order valence-corrected chi connectivity index (χ3v) is 7.44. The smallest absolute Gasteiger partial charge is 0.159 e. The van der Waals surface area contributed by atoms with Crippen LogP contribution in [0.3, 0.4) is 0 Å². The molecular weight excluding hydrogens is 212 g/mol. The summed E-state index contributed by atoms with van der Waals surface area (Å²) in [4.78, 5) is 12.6. The first-order chi connectivity index (χ1) is 7.38. The maximum Gasteiger partial charge on any atom is 0.159 e. The zero-order valence-electron chi connectivity index (χ0n) is 10.2. The van der Waals surface area contributed by atoms with E-state index in [1.807, 2.05) is 0 Å². The summed E-state index contributed by atoms with van der Waals surface area (Å²) in [5.41, 5.74) is 0.724. The molecule has 0 radical (unpaired) electrons. The highest BCUT2D eigenvalue weighted by Crippen LogP contribution is 2.80. The minimum atomic E-state index is -1.42. The van der Waals surface area contributed by atoms with Gasteiger partial charge in [0.25, 0.3) is 0 Å². The fourth-order valence-electron chi connectivity index (χ4n) is 4.84. The van der Waals surface area contributed by atoms with E-state index in [9.17, 15) is 4.79 Å². The number of allylic oxidation sites excluding steroid dienone is 4. The molecule has 0 aliphatic heterocycles. The second-order valence-corrected chi connectivity index (χ2v) is 12.4. The third-order valence-electron chi connectivity index (χ3n) is 5.41. The lowest BCUT2D eigenvalue weighted by Gasteiger charge is -2.40. The van der Waals surface area contributed by atoms with Crippen molar-refractivity contribution in [2.24, 2.45) is 22.7 Å². The molecule has 2 atom stereocenters. The molecule has 1 nitrogen and oxygen atoms in total. The molecule has 0 amide bonds. The molecule has 0 aromatic heterocycles. The highest BCUT2D eigenvalue weighted by atomic mass is 28.3. The topological polar surface area (TPSA) is 17.1 Å². The minimum absolute atomic E-state index is 0.305. The van der Waals surface area contributed by atoms with Crippen molar-refractivity contribution < 1.29 is 4.79 Å². The summed E-state index contributed by atoms with van der Waals surface area (Å²) in [6.07, 6.45) is 9.72. The number of carbonyl (C=O) groups excluding carboxylic acids is 1. The van der Waals surface area contributed by atoms with Gasteiger partial charge in [0.15, 0.2) is 5.78 Å². The molecule has 16 heavy (non-hydrogen) atoms. The van der Waals surface area contributed by atoms with Crippen molar-refractivity contribution in [2.75, 3.05) is 0 Å². The number of hydrogen-bond acceptors (Lipinski definition) is 1. The molecule has 6 rings (SSSR count). The average molecular weight is 230 g/mol. The highest BCUT2D eigenvalue weighted by Gasteiger charge is 2.75. The van der Waals surface area contributed by atoms with Crippen LogP contribution in [0.1, 0.15) is 12.8 Å². The largest absolute Gasteiger partial charge is 0.295 e. The van der Waals surface area contributed by atoms with Gasteiger partial charge < -0.3 is 0 Å². The first-order valence-electron chi connectivity index (χ1n) is 6.35. The Morgan fingerprint density at radius 3 is 2.38 bits per heavy atom. The molecule has 3 saturated carbocycles. The van der Waals surface area contributed by atoms with Crippen molar-refractivity contribution in [3.63, 3.8) is 0 Å². The van der Waals surface area contributed by atoms with E-state index < -0.39 is 8.07 Å². The number of hydrogen-bond donors (Lipinski definition) is 0. The van der Waals surface area contributed by atoms with Crippen LogP contribution in [0, 0.1) is 22.7 Å². The Labute approximate surface area is 97.6 Å². The van der Waals surface area contributed by atoms with Crippen molar-refractivity contribution in [1.82, 2.24) is 0 Å². The van der Waals surface area contributed by atoms with Crippen LogP contribution in [0.4, 0.5) is 0 Å². The van der Waals surface area contributed by atoms with Gasteiger partial charge in [-0.25, -0.2) is 0 Å². The van der Waals surface area contributed by atoms with E-state index in [2.05, 4.69) is 37.9 Å².